The molecule has 0 unspecified atom stereocenters. The second kappa shape index (κ2) is 4.94. The zero-order valence-electron chi connectivity index (χ0n) is 8.68. The summed E-state index contributed by atoms with van der Waals surface area (Å²) in [5.74, 6) is -0.323. The first-order chi connectivity index (χ1) is 8.08. The van der Waals surface area contributed by atoms with Crippen molar-refractivity contribution in [1.29, 1.82) is 0 Å². The molecule has 0 bridgehead atoms. The summed E-state index contributed by atoms with van der Waals surface area (Å²) in [5, 5.41) is 3.49. The first kappa shape index (κ1) is 12.2. The Bertz CT molecular complexity index is 560. The van der Waals surface area contributed by atoms with Crippen molar-refractivity contribution >= 4 is 44.6 Å². The van der Waals surface area contributed by atoms with E-state index in [4.69, 9.17) is 17.3 Å². The van der Waals surface area contributed by atoms with E-state index in [0.29, 0.717) is 22.1 Å². The van der Waals surface area contributed by atoms with Gasteiger partial charge in [0, 0.05) is 4.47 Å². The normalized spacial score (nSPS) is 10.3. The van der Waals surface area contributed by atoms with Gasteiger partial charge < -0.3 is 11.1 Å². The molecule has 5 heteroatoms. The molecular formula is C12H9BrClFN2. The van der Waals surface area contributed by atoms with Gasteiger partial charge >= 0.3 is 0 Å². The Morgan fingerprint density at radius 2 is 1.94 bits per heavy atom. The zero-order valence-corrected chi connectivity index (χ0v) is 11.0. The Kier molecular flexibility index (Phi) is 3.54. The van der Waals surface area contributed by atoms with E-state index in [0.717, 1.165) is 4.47 Å². The van der Waals surface area contributed by atoms with Gasteiger partial charge in [-0.15, -0.1) is 0 Å². The van der Waals surface area contributed by atoms with Crippen LogP contribution in [0.15, 0.2) is 40.9 Å². The summed E-state index contributed by atoms with van der Waals surface area (Å²) in [5.41, 5.74) is 7.49. The second-order valence-corrected chi connectivity index (χ2v) is 4.71. The van der Waals surface area contributed by atoms with Crippen LogP contribution in [0.2, 0.25) is 5.02 Å². The molecule has 0 aliphatic rings. The number of para-hydroxylation sites is 1. The van der Waals surface area contributed by atoms with Gasteiger partial charge in [-0.2, -0.15) is 0 Å². The van der Waals surface area contributed by atoms with E-state index in [1.807, 2.05) is 0 Å². The Balaban J connectivity index is 2.38. The summed E-state index contributed by atoms with van der Waals surface area (Å²) in [6.45, 7) is 0. The van der Waals surface area contributed by atoms with E-state index in [2.05, 4.69) is 21.2 Å². The van der Waals surface area contributed by atoms with Gasteiger partial charge in [0.05, 0.1) is 22.1 Å². The zero-order chi connectivity index (χ0) is 12.4. The summed E-state index contributed by atoms with van der Waals surface area (Å²) in [6, 6.07) is 9.62. The van der Waals surface area contributed by atoms with Gasteiger partial charge in [0.25, 0.3) is 0 Å². The molecular weight excluding hydrogens is 307 g/mol. The SMILES string of the molecule is Nc1c(Cl)cccc1Nc1cc(F)ccc1Br. The number of nitrogen functional groups attached to an aromatic ring is 1. The fraction of sp³-hybridized carbons (Fsp3) is 0. The smallest absolute Gasteiger partial charge is 0.125 e. The Morgan fingerprint density at radius 1 is 1.18 bits per heavy atom. The van der Waals surface area contributed by atoms with Crippen molar-refractivity contribution in [2.75, 3.05) is 11.1 Å². The molecule has 0 heterocycles. The Hall–Kier alpha value is -1.26. The summed E-state index contributed by atoms with van der Waals surface area (Å²) in [6.07, 6.45) is 0. The van der Waals surface area contributed by atoms with Crippen LogP contribution >= 0.6 is 27.5 Å². The molecule has 0 fully saturated rings. The summed E-state index contributed by atoms with van der Waals surface area (Å²) >= 11 is 9.23. The third-order valence-electron chi connectivity index (χ3n) is 2.25. The van der Waals surface area contributed by atoms with E-state index in [1.165, 1.54) is 12.1 Å². The molecule has 0 aromatic heterocycles. The van der Waals surface area contributed by atoms with E-state index < -0.39 is 0 Å². The van der Waals surface area contributed by atoms with Crippen LogP contribution in [-0.2, 0) is 0 Å². The molecule has 88 valence electrons. The predicted molar refractivity (Wildman–Crippen MR) is 73.2 cm³/mol. The molecule has 0 radical (unpaired) electrons. The topological polar surface area (TPSA) is 38.0 Å². The summed E-state index contributed by atoms with van der Waals surface area (Å²) in [4.78, 5) is 0. The van der Waals surface area contributed by atoms with Gasteiger partial charge in [0.2, 0.25) is 0 Å². The summed E-state index contributed by atoms with van der Waals surface area (Å²) in [7, 11) is 0. The number of rotatable bonds is 2. The van der Waals surface area contributed by atoms with E-state index in [1.54, 1.807) is 24.3 Å². The lowest BCUT2D eigenvalue weighted by Gasteiger charge is -2.11. The number of anilines is 3. The van der Waals surface area contributed by atoms with Gasteiger partial charge in [0.1, 0.15) is 5.82 Å². The molecule has 0 saturated carbocycles. The van der Waals surface area contributed by atoms with Crippen LogP contribution in [0.4, 0.5) is 21.5 Å². The van der Waals surface area contributed by atoms with Crippen LogP contribution in [0, 0.1) is 5.82 Å². The highest BCUT2D eigenvalue weighted by atomic mass is 79.9. The quantitative estimate of drug-likeness (QED) is 0.797. The molecule has 0 aliphatic carbocycles. The van der Waals surface area contributed by atoms with Gasteiger partial charge in [-0.25, -0.2) is 4.39 Å². The maximum Gasteiger partial charge on any atom is 0.125 e. The lowest BCUT2D eigenvalue weighted by molar-refractivity contribution is 0.628. The molecule has 2 rings (SSSR count). The molecule has 0 aliphatic heterocycles. The third-order valence-corrected chi connectivity index (χ3v) is 3.27. The molecule has 2 aromatic carbocycles. The van der Waals surface area contributed by atoms with E-state index >= 15 is 0 Å². The molecule has 0 atom stereocenters. The Labute approximate surface area is 112 Å². The molecule has 0 saturated heterocycles. The van der Waals surface area contributed by atoms with Crippen LogP contribution in [0.3, 0.4) is 0 Å². The molecule has 0 spiro atoms. The maximum absolute atomic E-state index is 13.1. The number of hydrogen-bond donors (Lipinski definition) is 2. The van der Waals surface area contributed by atoms with Crippen molar-refractivity contribution in [2.45, 2.75) is 0 Å². The van der Waals surface area contributed by atoms with Crippen LogP contribution < -0.4 is 11.1 Å². The average Bonchev–Trinajstić information content (AvgIpc) is 2.30. The average molecular weight is 316 g/mol. The highest BCUT2D eigenvalue weighted by Gasteiger charge is 2.06. The number of nitrogens with two attached hydrogens (primary N) is 1. The van der Waals surface area contributed by atoms with Crippen LogP contribution in [0.1, 0.15) is 0 Å². The molecule has 17 heavy (non-hydrogen) atoms. The molecule has 2 nitrogen and oxygen atoms in total. The minimum absolute atomic E-state index is 0.323. The van der Waals surface area contributed by atoms with Gasteiger partial charge in [-0.05, 0) is 46.3 Å². The number of nitrogens with one attached hydrogen (secondary N) is 1. The van der Waals surface area contributed by atoms with Crippen molar-refractivity contribution in [3.8, 4) is 0 Å². The lowest BCUT2D eigenvalue weighted by Crippen LogP contribution is -1.97. The first-order valence-corrected chi connectivity index (χ1v) is 6.01. The lowest BCUT2D eigenvalue weighted by atomic mass is 10.2. The fourth-order valence-corrected chi connectivity index (χ4v) is 1.90. The first-order valence-electron chi connectivity index (χ1n) is 4.84. The van der Waals surface area contributed by atoms with Crippen molar-refractivity contribution in [2.24, 2.45) is 0 Å². The van der Waals surface area contributed by atoms with E-state index in [-0.39, 0.29) is 5.82 Å². The molecule has 0 amide bonds. The monoisotopic (exact) mass is 314 g/mol. The standard InChI is InChI=1S/C12H9BrClFN2/c13-8-5-4-7(15)6-11(8)17-10-3-1-2-9(14)12(10)16/h1-6,17H,16H2. The fourth-order valence-electron chi connectivity index (χ4n) is 1.38. The number of hydrogen-bond acceptors (Lipinski definition) is 2. The van der Waals surface area contributed by atoms with Gasteiger partial charge in [0.15, 0.2) is 0 Å². The van der Waals surface area contributed by atoms with Crippen molar-refractivity contribution in [1.82, 2.24) is 0 Å². The molecule has 3 N–H and O–H groups in total. The largest absolute Gasteiger partial charge is 0.396 e. The summed E-state index contributed by atoms with van der Waals surface area (Å²) < 4.78 is 13.9. The van der Waals surface area contributed by atoms with E-state index in [9.17, 15) is 4.39 Å². The highest BCUT2D eigenvalue weighted by Crippen LogP contribution is 2.32. The van der Waals surface area contributed by atoms with Crippen LogP contribution in [-0.4, -0.2) is 0 Å². The Morgan fingerprint density at radius 3 is 2.71 bits per heavy atom. The number of benzene rings is 2. The highest BCUT2D eigenvalue weighted by molar-refractivity contribution is 9.10. The third kappa shape index (κ3) is 2.70. The second-order valence-electron chi connectivity index (χ2n) is 3.45. The minimum Gasteiger partial charge on any atom is -0.396 e. The maximum atomic E-state index is 13.1. The van der Waals surface area contributed by atoms with Gasteiger partial charge in [-0.3, -0.25) is 0 Å². The molecule has 2 aromatic rings. The van der Waals surface area contributed by atoms with Crippen LogP contribution in [0.5, 0.6) is 0 Å². The predicted octanol–water partition coefficient (Wildman–Crippen LogP) is 4.57. The van der Waals surface area contributed by atoms with Gasteiger partial charge in [-0.1, -0.05) is 17.7 Å². The van der Waals surface area contributed by atoms with Crippen LogP contribution in [0.25, 0.3) is 0 Å². The van der Waals surface area contributed by atoms with Crippen molar-refractivity contribution < 1.29 is 4.39 Å². The van der Waals surface area contributed by atoms with Crippen molar-refractivity contribution in [3.63, 3.8) is 0 Å². The van der Waals surface area contributed by atoms with Crippen molar-refractivity contribution in [3.05, 3.63) is 51.7 Å². The number of halogens is 3. The minimum atomic E-state index is -0.323.